The van der Waals surface area contributed by atoms with Crippen molar-refractivity contribution in [3.05, 3.63) is 59.2 Å². The predicted octanol–water partition coefficient (Wildman–Crippen LogP) is 5.17. The highest BCUT2D eigenvalue weighted by molar-refractivity contribution is 7.92. The lowest BCUT2D eigenvalue weighted by atomic mass is 9.87. The van der Waals surface area contributed by atoms with Crippen molar-refractivity contribution in [1.82, 2.24) is 14.9 Å². The van der Waals surface area contributed by atoms with Gasteiger partial charge in [0.1, 0.15) is 0 Å². The van der Waals surface area contributed by atoms with Crippen LogP contribution in [0.4, 0.5) is 11.8 Å². The first-order valence-electron chi connectivity index (χ1n) is 12.4. The molecule has 0 atom stereocenters. The Bertz CT molecular complexity index is 1380. The lowest BCUT2D eigenvalue weighted by Gasteiger charge is -2.23. The molecule has 0 unspecified atom stereocenters. The lowest BCUT2D eigenvalue weighted by Crippen LogP contribution is -2.30. The molecular weight excluding hydrogens is 526 g/mol. The summed E-state index contributed by atoms with van der Waals surface area (Å²) in [5, 5.41) is -0.0145. The smallest absolute Gasteiger partial charge is 0.263 e. The normalized spacial score (nSPS) is 15.2. The molecule has 9 nitrogen and oxygen atoms in total. The number of para-hydroxylation sites is 2. The van der Waals surface area contributed by atoms with E-state index >= 15 is 0 Å². The van der Waals surface area contributed by atoms with Gasteiger partial charge in [-0.15, -0.1) is 0 Å². The van der Waals surface area contributed by atoms with Crippen molar-refractivity contribution >= 4 is 33.4 Å². The fourth-order valence-corrected chi connectivity index (χ4v) is 5.30. The van der Waals surface area contributed by atoms with E-state index in [2.05, 4.69) is 47.4 Å². The first-order valence-corrected chi connectivity index (χ1v) is 14.3. The number of nitrogens with one attached hydrogen (secondary N) is 1. The quantitative estimate of drug-likeness (QED) is 0.396. The van der Waals surface area contributed by atoms with Crippen LogP contribution in [-0.4, -0.2) is 63.6 Å². The lowest BCUT2D eigenvalue weighted by molar-refractivity contribution is 0.360. The first kappa shape index (κ1) is 27.9. The van der Waals surface area contributed by atoms with E-state index in [-0.39, 0.29) is 27.0 Å². The maximum absolute atomic E-state index is 13.5. The van der Waals surface area contributed by atoms with Crippen LogP contribution in [0.1, 0.15) is 32.8 Å². The van der Waals surface area contributed by atoms with Crippen LogP contribution in [0.15, 0.2) is 53.4 Å². The van der Waals surface area contributed by atoms with Gasteiger partial charge in [-0.2, -0.15) is 9.97 Å². The SMILES string of the molecule is COc1ccccc1Oc1c(Cl)nc(N2CCCN(C)CC2)nc1NS(=O)(=O)c1ccc(C(C)(C)C)cc1. The number of likely N-dealkylation sites (N-methyl/N-ethyl adjacent to an activating group) is 1. The Labute approximate surface area is 229 Å². The molecule has 0 saturated carbocycles. The van der Waals surface area contributed by atoms with Crippen LogP contribution in [0, 0.1) is 0 Å². The highest BCUT2D eigenvalue weighted by atomic mass is 35.5. The minimum atomic E-state index is -4.02. The number of anilines is 2. The molecule has 4 rings (SSSR count). The van der Waals surface area contributed by atoms with Gasteiger partial charge in [0.2, 0.25) is 11.7 Å². The van der Waals surface area contributed by atoms with Crippen LogP contribution < -0.4 is 19.1 Å². The largest absolute Gasteiger partial charge is 0.493 e. The van der Waals surface area contributed by atoms with Crippen molar-refractivity contribution in [2.75, 3.05) is 50.0 Å². The summed E-state index contributed by atoms with van der Waals surface area (Å²) >= 11 is 6.63. The second-order valence-corrected chi connectivity index (χ2v) is 12.3. The average molecular weight is 560 g/mol. The van der Waals surface area contributed by atoms with Crippen molar-refractivity contribution in [2.24, 2.45) is 0 Å². The molecule has 1 aliphatic rings. The number of hydrogen-bond acceptors (Lipinski definition) is 8. The number of sulfonamides is 1. The molecule has 0 radical (unpaired) electrons. The third-order valence-corrected chi connectivity index (χ3v) is 7.97. The van der Waals surface area contributed by atoms with Crippen LogP contribution in [0.2, 0.25) is 5.15 Å². The molecule has 11 heteroatoms. The van der Waals surface area contributed by atoms with Crippen LogP contribution >= 0.6 is 11.6 Å². The Kier molecular flexibility index (Phi) is 8.34. The molecule has 0 amide bonds. The molecule has 38 heavy (non-hydrogen) atoms. The van der Waals surface area contributed by atoms with Gasteiger partial charge in [0.15, 0.2) is 22.5 Å². The molecule has 3 aromatic rings. The van der Waals surface area contributed by atoms with Gasteiger partial charge in [-0.25, -0.2) is 8.42 Å². The summed E-state index contributed by atoms with van der Waals surface area (Å²) in [5.41, 5.74) is 0.914. The second kappa shape index (κ2) is 11.3. The number of halogens is 1. The van der Waals surface area contributed by atoms with E-state index < -0.39 is 10.0 Å². The third-order valence-electron chi connectivity index (χ3n) is 6.36. The third kappa shape index (κ3) is 6.48. The van der Waals surface area contributed by atoms with Gasteiger partial charge < -0.3 is 19.3 Å². The molecular formula is C27H34ClN5O4S. The monoisotopic (exact) mass is 559 g/mol. The number of ether oxygens (including phenoxy) is 2. The Morgan fingerprint density at radius 2 is 1.63 bits per heavy atom. The Balaban J connectivity index is 1.75. The molecule has 0 spiro atoms. The van der Waals surface area contributed by atoms with E-state index in [4.69, 9.17) is 21.1 Å². The summed E-state index contributed by atoms with van der Waals surface area (Å²) in [6, 6.07) is 13.8. The minimum Gasteiger partial charge on any atom is -0.493 e. The molecule has 204 valence electrons. The van der Waals surface area contributed by atoms with E-state index in [1.54, 1.807) is 36.4 Å². The zero-order valence-electron chi connectivity index (χ0n) is 22.4. The zero-order chi connectivity index (χ0) is 27.5. The van der Waals surface area contributed by atoms with Crippen molar-refractivity contribution in [2.45, 2.75) is 37.5 Å². The molecule has 0 bridgehead atoms. The topological polar surface area (TPSA) is 96.9 Å². The summed E-state index contributed by atoms with van der Waals surface area (Å²) in [6.07, 6.45) is 0.915. The van der Waals surface area contributed by atoms with Crippen LogP contribution in [0.5, 0.6) is 17.2 Å². The van der Waals surface area contributed by atoms with Gasteiger partial charge in [-0.1, -0.05) is 56.6 Å². The molecule has 1 N–H and O–H groups in total. The molecule has 1 saturated heterocycles. The molecule has 1 aliphatic heterocycles. The van der Waals surface area contributed by atoms with Gasteiger partial charge in [-0.3, -0.25) is 4.72 Å². The van der Waals surface area contributed by atoms with E-state index in [1.807, 2.05) is 17.0 Å². The summed E-state index contributed by atoms with van der Waals surface area (Å²) in [6.45, 7) is 9.38. The fraction of sp³-hybridized carbons (Fsp3) is 0.407. The van der Waals surface area contributed by atoms with E-state index in [0.29, 0.717) is 30.5 Å². The number of hydrogen-bond donors (Lipinski definition) is 1. The Hall–Kier alpha value is -3.08. The highest BCUT2D eigenvalue weighted by Gasteiger charge is 2.26. The molecule has 1 aromatic heterocycles. The number of benzene rings is 2. The molecule has 0 aliphatic carbocycles. The maximum Gasteiger partial charge on any atom is 0.263 e. The summed E-state index contributed by atoms with van der Waals surface area (Å²) in [7, 11) is -0.443. The highest BCUT2D eigenvalue weighted by Crippen LogP contribution is 2.40. The van der Waals surface area contributed by atoms with Crippen LogP contribution in [0.3, 0.4) is 0 Å². The zero-order valence-corrected chi connectivity index (χ0v) is 23.9. The van der Waals surface area contributed by atoms with Gasteiger partial charge in [0.05, 0.1) is 12.0 Å². The average Bonchev–Trinajstić information content (AvgIpc) is 3.10. The molecule has 1 fully saturated rings. The predicted molar refractivity (Wildman–Crippen MR) is 150 cm³/mol. The molecule has 2 aromatic carbocycles. The van der Waals surface area contributed by atoms with Gasteiger partial charge in [-0.05, 0) is 55.3 Å². The van der Waals surface area contributed by atoms with Crippen molar-refractivity contribution in [3.63, 3.8) is 0 Å². The van der Waals surface area contributed by atoms with Crippen LogP contribution in [-0.2, 0) is 15.4 Å². The summed E-state index contributed by atoms with van der Waals surface area (Å²) in [4.78, 5) is 13.4. The van der Waals surface area contributed by atoms with E-state index in [0.717, 1.165) is 25.1 Å². The number of rotatable bonds is 7. The maximum atomic E-state index is 13.5. The van der Waals surface area contributed by atoms with Crippen LogP contribution in [0.25, 0.3) is 0 Å². The van der Waals surface area contributed by atoms with Crippen molar-refractivity contribution in [1.29, 1.82) is 0 Å². The number of nitrogens with zero attached hydrogens (tertiary/aromatic N) is 4. The number of aromatic nitrogens is 2. The van der Waals surface area contributed by atoms with Crippen molar-refractivity contribution in [3.8, 4) is 17.2 Å². The standard InChI is InChI=1S/C27H34ClN5O4S/c1-27(2,3)19-11-13-20(14-12-19)38(34,35)31-25-23(37-22-10-7-6-9-21(22)36-5)24(28)29-26(30-25)33-16-8-15-32(4)17-18-33/h6-7,9-14H,8,15-18H2,1-5H3,(H,29,30,31). The van der Waals surface area contributed by atoms with Gasteiger partial charge in [0, 0.05) is 19.6 Å². The Morgan fingerprint density at radius 3 is 2.29 bits per heavy atom. The summed E-state index contributed by atoms with van der Waals surface area (Å²) < 4.78 is 41.0. The fourth-order valence-electron chi connectivity index (χ4n) is 4.09. The Morgan fingerprint density at radius 1 is 0.947 bits per heavy atom. The second-order valence-electron chi connectivity index (χ2n) is 10.3. The first-order chi connectivity index (χ1) is 18.0. The molecule has 2 heterocycles. The van der Waals surface area contributed by atoms with E-state index in [1.165, 1.54) is 7.11 Å². The van der Waals surface area contributed by atoms with E-state index in [9.17, 15) is 8.42 Å². The number of methoxy groups -OCH3 is 1. The summed E-state index contributed by atoms with van der Waals surface area (Å²) in [5.74, 6) is 1.07. The van der Waals surface area contributed by atoms with Crippen molar-refractivity contribution < 1.29 is 17.9 Å². The minimum absolute atomic E-state index is 0.0123. The van der Waals surface area contributed by atoms with Gasteiger partial charge in [0.25, 0.3) is 10.0 Å². The van der Waals surface area contributed by atoms with Gasteiger partial charge >= 0.3 is 0 Å².